The lowest BCUT2D eigenvalue weighted by atomic mass is 10.1. The first-order chi connectivity index (χ1) is 13.1. The van der Waals surface area contributed by atoms with Gasteiger partial charge >= 0.3 is 5.63 Å². The minimum Gasteiger partial charge on any atom is -0.497 e. The van der Waals surface area contributed by atoms with E-state index in [1.165, 1.54) is 13.2 Å². The Kier molecular flexibility index (Phi) is 4.12. The number of methoxy groups -OCH3 is 1. The molecule has 1 N–H and O–H groups in total. The van der Waals surface area contributed by atoms with E-state index in [4.69, 9.17) is 9.15 Å². The van der Waals surface area contributed by atoms with Crippen LogP contribution in [-0.4, -0.2) is 22.6 Å². The van der Waals surface area contributed by atoms with Crippen LogP contribution in [0.5, 0.6) is 5.75 Å². The molecule has 0 aliphatic rings. The molecule has 0 bridgehead atoms. The van der Waals surface area contributed by atoms with Crippen LogP contribution in [0, 0.1) is 0 Å². The van der Waals surface area contributed by atoms with Crippen molar-refractivity contribution in [3.05, 3.63) is 70.3 Å². The molecule has 0 spiro atoms. The highest BCUT2D eigenvalue weighted by atomic mass is 16.5. The molecule has 4 aromatic rings. The normalized spacial score (nSPS) is 11.0. The van der Waals surface area contributed by atoms with Crippen molar-refractivity contribution in [3.63, 3.8) is 0 Å². The van der Waals surface area contributed by atoms with Gasteiger partial charge in [0.05, 0.1) is 30.3 Å². The Hall–Kier alpha value is -3.61. The molecule has 0 radical (unpaired) electrons. The second kappa shape index (κ2) is 6.60. The first-order valence-corrected chi connectivity index (χ1v) is 8.37. The fourth-order valence-electron chi connectivity index (χ4n) is 3.07. The van der Waals surface area contributed by atoms with Crippen LogP contribution in [0.25, 0.3) is 22.0 Å². The fraction of sp³-hybridized carbons (Fsp3) is 0.150. The quantitative estimate of drug-likeness (QED) is 0.563. The van der Waals surface area contributed by atoms with E-state index in [-0.39, 0.29) is 18.0 Å². The van der Waals surface area contributed by atoms with E-state index in [2.05, 4.69) is 10.3 Å². The lowest BCUT2D eigenvalue weighted by molar-refractivity contribution is 0.0950. The van der Waals surface area contributed by atoms with Crippen LogP contribution in [-0.2, 0) is 13.6 Å². The average molecular weight is 363 g/mol. The largest absolute Gasteiger partial charge is 0.497 e. The van der Waals surface area contributed by atoms with Crippen LogP contribution in [0.4, 0.5) is 0 Å². The minimum atomic E-state index is -0.594. The van der Waals surface area contributed by atoms with Crippen molar-refractivity contribution < 1.29 is 13.9 Å². The number of benzene rings is 2. The lowest BCUT2D eigenvalue weighted by Crippen LogP contribution is -2.25. The molecule has 0 fully saturated rings. The maximum atomic E-state index is 12.7. The summed E-state index contributed by atoms with van der Waals surface area (Å²) in [5.74, 6) is 0.895. The zero-order valence-electron chi connectivity index (χ0n) is 14.9. The molecule has 27 heavy (non-hydrogen) atoms. The Bertz CT molecular complexity index is 1220. The number of rotatable bonds is 4. The van der Waals surface area contributed by atoms with Gasteiger partial charge in [0.15, 0.2) is 0 Å². The molecule has 1 amide bonds. The molecule has 0 saturated heterocycles. The van der Waals surface area contributed by atoms with E-state index in [0.29, 0.717) is 16.7 Å². The Balaban J connectivity index is 1.64. The van der Waals surface area contributed by atoms with Gasteiger partial charge in [-0.1, -0.05) is 12.1 Å². The summed E-state index contributed by atoms with van der Waals surface area (Å²) in [6.45, 7) is 0.238. The Morgan fingerprint density at radius 2 is 2.04 bits per heavy atom. The van der Waals surface area contributed by atoms with Gasteiger partial charge in [-0.25, -0.2) is 9.78 Å². The number of ether oxygens (including phenoxy) is 1. The smallest absolute Gasteiger partial charge is 0.337 e. The van der Waals surface area contributed by atoms with E-state index in [1.807, 2.05) is 35.9 Å². The van der Waals surface area contributed by atoms with Gasteiger partial charge in [0.2, 0.25) is 0 Å². The van der Waals surface area contributed by atoms with Gasteiger partial charge in [-0.15, -0.1) is 0 Å². The molecule has 7 nitrogen and oxygen atoms in total. The molecule has 136 valence electrons. The van der Waals surface area contributed by atoms with Crippen LogP contribution in [0.15, 0.2) is 57.7 Å². The number of nitrogens with zero attached hydrogens (tertiary/aromatic N) is 2. The molecule has 7 heteroatoms. The van der Waals surface area contributed by atoms with Gasteiger partial charge in [-0.3, -0.25) is 4.79 Å². The monoisotopic (exact) mass is 363 g/mol. The maximum absolute atomic E-state index is 12.7. The summed E-state index contributed by atoms with van der Waals surface area (Å²) in [4.78, 5) is 29.1. The van der Waals surface area contributed by atoms with Gasteiger partial charge in [-0.2, -0.15) is 0 Å². The SMILES string of the molecule is COc1ccc2c(C(=O)NCc3nc4ccccc4n3C)cc(=O)oc2c1. The summed E-state index contributed by atoms with van der Waals surface area (Å²) in [5, 5.41) is 3.37. The molecular weight excluding hydrogens is 346 g/mol. The number of fused-ring (bicyclic) bond motifs is 2. The van der Waals surface area contributed by atoms with Crippen molar-refractivity contribution in [2.24, 2.45) is 7.05 Å². The van der Waals surface area contributed by atoms with Crippen molar-refractivity contribution in [3.8, 4) is 5.75 Å². The van der Waals surface area contributed by atoms with Gasteiger partial charge in [0.1, 0.15) is 17.2 Å². The van der Waals surface area contributed by atoms with Gasteiger partial charge in [0.25, 0.3) is 5.91 Å². The minimum absolute atomic E-state index is 0.238. The van der Waals surface area contributed by atoms with Gasteiger partial charge in [0, 0.05) is 24.6 Å². The molecule has 2 aromatic carbocycles. The van der Waals surface area contributed by atoms with E-state index in [1.54, 1.807) is 18.2 Å². The highest BCUT2D eigenvalue weighted by Crippen LogP contribution is 2.22. The average Bonchev–Trinajstić information content (AvgIpc) is 3.01. The van der Waals surface area contributed by atoms with E-state index in [9.17, 15) is 9.59 Å². The first kappa shape index (κ1) is 16.8. The van der Waals surface area contributed by atoms with Crippen LogP contribution in [0.3, 0.4) is 0 Å². The Morgan fingerprint density at radius 1 is 1.22 bits per heavy atom. The number of aromatic nitrogens is 2. The van der Waals surface area contributed by atoms with Crippen molar-refractivity contribution in [2.45, 2.75) is 6.54 Å². The third-order valence-corrected chi connectivity index (χ3v) is 4.48. The van der Waals surface area contributed by atoms with Crippen LogP contribution in [0.2, 0.25) is 0 Å². The molecule has 0 unspecified atom stereocenters. The number of hydrogen-bond acceptors (Lipinski definition) is 5. The zero-order valence-corrected chi connectivity index (χ0v) is 14.9. The number of carbonyl (C=O) groups is 1. The predicted molar refractivity (Wildman–Crippen MR) is 101 cm³/mol. The number of hydrogen-bond donors (Lipinski definition) is 1. The van der Waals surface area contributed by atoms with Crippen LogP contribution < -0.4 is 15.7 Å². The maximum Gasteiger partial charge on any atom is 0.337 e. The summed E-state index contributed by atoms with van der Waals surface area (Å²) in [5.41, 5.74) is 1.81. The van der Waals surface area contributed by atoms with Crippen molar-refractivity contribution in [1.29, 1.82) is 0 Å². The Morgan fingerprint density at radius 3 is 2.81 bits per heavy atom. The van der Waals surface area contributed by atoms with Gasteiger partial charge in [-0.05, 0) is 24.3 Å². The molecule has 0 aliphatic heterocycles. The highest BCUT2D eigenvalue weighted by Gasteiger charge is 2.15. The molecule has 2 heterocycles. The summed E-state index contributed by atoms with van der Waals surface area (Å²) in [6, 6.07) is 13.9. The predicted octanol–water partition coefficient (Wildman–Crippen LogP) is 2.62. The number of para-hydroxylation sites is 2. The van der Waals surface area contributed by atoms with E-state index < -0.39 is 5.63 Å². The molecule has 0 saturated carbocycles. The number of aryl methyl sites for hydroxylation is 1. The summed E-state index contributed by atoms with van der Waals surface area (Å²) >= 11 is 0. The van der Waals surface area contributed by atoms with Crippen molar-refractivity contribution in [2.75, 3.05) is 7.11 Å². The first-order valence-electron chi connectivity index (χ1n) is 8.37. The number of nitrogens with one attached hydrogen (secondary N) is 1. The zero-order chi connectivity index (χ0) is 19.0. The van der Waals surface area contributed by atoms with Crippen LogP contribution >= 0.6 is 0 Å². The second-order valence-corrected chi connectivity index (χ2v) is 6.10. The third-order valence-electron chi connectivity index (χ3n) is 4.48. The highest BCUT2D eigenvalue weighted by molar-refractivity contribution is 6.05. The lowest BCUT2D eigenvalue weighted by Gasteiger charge is -2.08. The number of imidazole rings is 1. The standard InChI is InChI=1S/C20H17N3O4/c1-23-16-6-4-3-5-15(16)22-18(23)11-21-20(25)14-10-19(24)27-17-9-12(26-2)7-8-13(14)17/h3-10H,11H2,1-2H3,(H,21,25). The fourth-order valence-corrected chi connectivity index (χ4v) is 3.07. The molecule has 4 rings (SSSR count). The number of carbonyl (C=O) groups excluding carboxylic acids is 1. The summed E-state index contributed by atoms with van der Waals surface area (Å²) in [7, 11) is 3.42. The topological polar surface area (TPSA) is 86.4 Å². The summed E-state index contributed by atoms with van der Waals surface area (Å²) in [6.07, 6.45) is 0. The molecule has 0 atom stereocenters. The van der Waals surface area contributed by atoms with Crippen molar-refractivity contribution in [1.82, 2.24) is 14.9 Å². The van der Waals surface area contributed by atoms with E-state index in [0.717, 1.165) is 16.9 Å². The second-order valence-electron chi connectivity index (χ2n) is 6.10. The third kappa shape index (κ3) is 3.03. The Labute approximate surface area is 154 Å². The van der Waals surface area contributed by atoms with Crippen LogP contribution in [0.1, 0.15) is 16.2 Å². The van der Waals surface area contributed by atoms with Gasteiger partial charge < -0.3 is 19.0 Å². The molecule has 2 aromatic heterocycles. The van der Waals surface area contributed by atoms with Crippen molar-refractivity contribution >= 4 is 27.9 Å². The molecule has 0 aliphatic carbocycles. The summed E-state index contributed by atoms with van der Waals surface area (Å²) < 4.78 is 12.2. The number of amides is 1. The molecular formula is C20H17N3O4. The van der Waals surface area contributed by atoms with E-state index >= 15 is 0 Å².